The minimum absolute atomic E-state index is 0.250. The van der Waals surface area contributed by atoms with Crippen LogP contribution < -0.4 is 5.32 Å². The van der Waals surface area contributed by atoms with Gasteiger partial charge < -0.3 is 15.0 Å². The second kappa shape index (κ2) is 7.68. The molecule has 0 spiro atoms. The number of nitrogens with zero attached hydrogens (tertiary/aromatic N) is 1. The number of piperazine rings is 1. The van der Waals surface area contributed by atoms with Crippen LogP contribution in [0.4, 0.5) is 4.79 Å². The zero-order chi connectivity index (χ0) is 12.5. The van der Waals surface area contributed by atoms with Gasteiger partial charge in [0.15, 0.2) is 0 Å². The number of hydrogen-bond acceptors (Lipinski definition) is 3. The molecule has 1 amide bonds. The molecule has 1 rings (SSSR count). The second-order valence-corrected chi connectivity index (χ2v) is 3.76. The summed E-state index contributed by atoms with van der Waals surface area (Å²) in [6, 6.07) is 0. The van der Waals surface area contributed by atoms with Crippen LogP contribution in [-0.4, -0.2) is 43.8 Å². The van der Waals surface area contributed by atoms with E-state index in [4.69, 9.17) is 4.74 Å². The van der Waals surface area contributed by atoms with Crippen LogP contribution in [0.3, 0.4) is 0 Å². The molecule has 0 aromatic heterocycles. The summed E-state index contributed by atoms with van der Waals surface area (Å²) < 4.78 is 5.22. The Bertz CT molecular complexity index is 315. The molecule has 0 aliphatic carbocycles. The maximum absolute atomic E-state index is 11.7. The third kappa shape index (κ3) is 4.87. The van der Waals surface area contributed by atoms with Gasteiger partial charge in [-0.2, -0.15) is 0 Å². The molecule has 0 aromatic rings. The van der Waals surface area contributed by atoms with Gasteiger partial charge in [-0.1, -0.05) is 30.9 Å². The standard InChI is InChI=1S/C13H20N2O2/c1-3-5-6-12(4-2)11-17-13(16)15-9-7-14-8-10-15/h3-6,14H,2,7-11H2,1H3/b5-3-,12-6+. The van der Waals surface area contributed by atoms with E-state index in [0.717, 1.165) is 18.7 Å². The van der Waals surface area contributed by atoms with E-state index in [2.05, 4.69) is 11.9 Å². The number of rotatable bonds is 4. The van der Waals surface area contributed by atoms with E-state index >= 15 is 0 Å². The lowest BCUT2D eigenvalue weighted by molar-refractivity contribution is 0.106. The van der Waals surface area contributed by atoms with Crippen LogP contribution in [0.25, 0.3) is 0 Å². The van der Waals surface area contributed by atoms with Gasteiger partial charge in [0.25, 0.3) is 0 Å². The predicted octanol–water partition coefficient (Wildman–Crippen LogP) is 1.72. The van der Waals surface area contributed by atoms with Gasteiger partial charge in [0, 0.05) is 26.2 Å². The van der Waals surface area contributed by atoms with E-state index in [1.54, 1.807) is 11.0 Å². The molecule has 0 aromatic carbocycles. The number of nitrogens with one attached hydrogen (secondary N) is 1. The number of hydrogen-bond donors (Lipinski definition) is 1. The average molecular weight is 236 g/mol. The lowest BCUT2D eigenvalue weighted by Crippen LogP contribution is -2.46. The largest absolute Gasteiger partial charge is 0.445 e. The minimum Gasteiger partial charge on any atom is -0.445 e. The van der Waals surface area contributed by atoms with Crippen molar-refractivity contribution < 1.29 is 9.53 Å². The zero-order valence-corrected chi connectivity index (χ0v) is 10.3. The van der Waals surface area contributed by atoms with Crippen LogP contribution in [0, 0.1) is 0 Å². The van der Waals surface area contributed by atoms with Crippen molar-refractivity contribution in [2.45, 2.75) is 6.92 Å². The number of allylic oxidation sites excluding steroid dienone is 3. The lowest BCUT2D eigenvalue weighted by Gasteiger charge is -2.26. The van der Waals surface area contributed by atoms with Crippen LogP contribution in [0.2, 0.25) is 0 Å². The highest BCUT2D eigenvalue weighted by molar-refractivity contribution is 5.68. The van der Waals surface area contributed by atoms with Crippen LogP contribution in [0.5, 0.6) is 0 Å². The molecule has 4 nitrogen and oxygen atoms in total. The van der Waals surface area contributed by atoms with Gasteiger partial charge in [-0.25, -0.2) is 4.79 Å². The Morgan fingerprint density at radius 2 is 2.18 bits per heavy atom. The molecule has 4 heteroatoms. The molecule has 1 saturated heterocycles. The molecule has 1 aliphatic heterocycles. The Kier molecular flexibility index (Phi) is 6.10. The van der Waals surface area contributed by atoms with Crippen molar-refractivity contribution in [1.82, 2.24) is 10.2 Å². The van der Waals surface area contributed by atoms with Gasteiger partial charge in [0.1, 0.15) is 6.61 Å². The van der Waals surface area contributed by atoms with Crippen LogP contribution in [-0.2, 0) is 4.74 Å². The first-order valence-electron chi connectivity index (χ1n) is 5.84. The summed E-state index contributed by atoms with van der Waals surface area (Å²) in [6.45, 7) is 8.98. The Balaban J connectivity index is 2.37. The van der Waals surface area contributed by atoms with Gasteiger partial charge in [-0.3, -0.25) is 0 Å². The zero-order valence-electron chi connectivity index (χ0n) is 10.3. The fourth-order valence-corrected chi connectivity index (χ4v) is 1.48. The molecule has 94 valence electrons. The molecule has 1 aliphatic rings. The molecular weight excluding hydrogens is 216 g/mol. The van der Waals surface area contributed by atoms with E-state index in [0.29, 0.717) is 13.1 Å². The van der Waals surface area contributed by atoms with Gasteiger partial charge in [-0.15, -0.1) is 0 Å². The van der Waals surface area contributed by atoms with Crippen LogP contribution in [0.15, 0.2) is 36.5 Å². The first kappa shape index (κ1) is 13.5. The van der Waals surface area contributed by atoms with E-state index in [-0.39, 0.29) is 12.7 Å². The van der Waals surface area contributed by atoms with Crippen molar-refractivity contribution >= 4 is 6.09 Å². The lowest BCUT2D eigenvalue weighted by atomic mass is 10.2. The number of carbonyl (C=O) groups is 1. The molecular formula is C13H20N2O2. The first-order valence-corrected chi connectivity index (χ1v) is 5.84. The Morgan fingerprint density at radius 1 is 1.47 bits per heavy atom. The van der Waals surface area contributed by atoms with E-state index in [9.17, 15) is 4.79 Å². The third-order valence-corrected chi connectivity index (χ3v) is 2.50. The normalized spacial score (nSPS) is 17.2. The Hall–Kier alpha value is -1.55. The molecule has 0 bridgehead atoms. The van der Waals surface area contributed by atoms with Gasteiger partial charge in [0.05, 0.1) is 0 Å². The Morgan fingerprint density at radius 3 is 2.76 bits per heavy atom. The van der Waals surface area contributed by atoms with Crippen molar-refractivity contribution in [3.05, 3.63) is 36.5 Å². The number of ether oxygens (including phenoxy) is 1. The van der Waals surface area contributed by atoms with Gasteiger partial charge in [0.2, 0.25) is 0 Å². The van der Waals surface area contributed by atoms with Crippen molar-refractivity contribution in [1.29, 1.82) is 0 Å². The predicted molar refractivity (Wildman–Crippen MR) is 68.9 cm³/mol. The highest BCUT2D eigenvalue weighted by atomic mass is 16.6. The molecule has 0 atom stereocenters. The third-order valence-electron chi connectivity index (χ3n) is 2.50. The summed E-state index contributed by atoms with van der Waals surface area (Å²) in [5.74, 6) is 0. The summed E-state index contributed by atoms with van der Waals surface area (Å²) in [6.07, 6.45) is 7.15. The van der Waals surface area contributed by atoms with Crippen LogP contribution in [0.1, 0.15) is 6.92 Å². The summed E-state index contributed by atoms with van der Waals surface area (Å²) in [5, 5.41) is 3.19. The molecule has 1 fully saturated rings. The number of amides is 1. The van der Waals surface area contributed by atoms with Gasteiger partial charge >= 0.3 is 6.09 Å². The fourth-order valence-electron chi connectivity index (χ4n) is 1.48. The average Bonchev–Trinajstić information content (AvgIpc) is 2.39. The van der Waals surface area contributed by atoms with Gasteiger partial charge in [-0.05, 0) is 12.5 Å². The maximum atomic E-state index is 11.7. The van der Waals surface area contributed by atoms with Crippen molar-refractivity contribution in [2.24, 2.45) is 0 Å². The summed E-state index contributed by atoms with van der Waals surface area (Å²) in [7, 11) is 0. The SMILES string of the molecule is C=C/C(=C\C=C/C)COC(=O)N1CCNCC1. The van der Waals surface area contributed by atoms with Crippen molar-refractivity contribution in [3.63, 3.8) is 0 Å². The topological polar surface area (TPSA) is 41.6 Å². The molecule has 0 saturated carbocycles. The van der Waals surface area contributed by atoms with Crippen LogP contribution >= 0.6 is 0 Å². The highest BCUT2D eigenvalue weighted by Gasteiger charge is 2.17. The summed E-state index contributed by atoms with van der Waals surface area (Å²) in [4.78, 5) is 13.4. The summed E-state index contributed by atoms with van der Waals surface area (Å²) in [5.41, 5.74) is 0.895. The number of carbonyl (C=O) groups excluding carboxylic acids is 1. The molecule has 0 radical (unpaired) electrons. The molecule has 0 unspecified atom stereocenters. The second-order valence-electron chi connectivity index (χ2n) is 3.76. The van der Waals surface area contributed by atoms with Crippen molar-refractivity contribution in [2.75, 3.05) is 32.8 Å². The quantitative estimate of drug-likeness (QED) is 0.756. The smallest absolute Gasteiger partial charge is 0.410 e. The monoisotopic (exact) mass is 236 g/mol. The maximum Gasteiger partial charge on any atom is 0.410 e. The van der Waals surface area contributed by atoms with Crippen molar-refractivity contribution in [3.8, 4) is 0 Å². The van der Waals surface area contributed by atoms with E-state index in [1.165, 1.54) is 0 Å². The molecule has 17 heavy (non-hydrogen) atoms. The van der Waals surface area contributed by atoms with E-state index < -0.39 is 0 Å². The summed E-state index contributed by atoms with van der Waals surface area (Å²) >= 11 is 0. The minimum atomic E-state index is -0.250. The Labute approximate surface area is 103 Å². The van der Waals surface area contributed by atoms with E-state index in [1.807, 2.05) is 25.2 Å². The fraction of sp³-hybridized carbons (Fsp3) is 0.462. The first-order chi connectivity index (χ1) is 8.27. The highest BCUT2D eigenvalue weighted by Crippen LogP contribution is 2.02. The molecule has 1 heterocycles. The molecule has 1 N–H and O–H groups in total.